The average Bonchev–Trinajstić information content (AvgIpc) is 3.11. The zero-order chi connectivity index (χ0) is 13.4. The fourth-order valence-corrected chi connectivity index (χ4v) is 3.20. The molecule has 1 aromatic heterocycles. The van der Waals surface area contributed by atoms with Gasteiger partial charge in [0, 0.05) is 11.9 Å². The van der Waals surface area contributed by atoms with Crippen LogP contribution in [0, 0.1) is 0 Å². The van der Waals surface area contributed by atoms with Gasteiger partial charge in [0.05, 0.1) is 12.4 Å². The standard InChI is InChI=1S/C18H16N2/c1-2-6-14(7-3-1)16-8-4-5-9-17(16)18-11-10-15-12-19-13-20(15)18/h1-9,12-13,18H,10-11H2/t18-/m1/s1. The van der Waals surface area contributed by atoms with E-state index in [1.807, 2.05) is 12.5 Å². The largest absolute Gasteiger partial charge is 0.327 e. The van der Waals surface area contributed by atoms with Crippen LogP contribution < -0.4 is 0 Å². The zero-order valence-electron chi connectivity index (χ0n) is 11.2. The number of benzene rings is 2. The number of aromatic nitrogens is 2. The first kappa shape index (κ1) is 11.5. The van der Waals surface area contributed by atoms with Crippen LogP contribution in [0.15, 0.2) is 67.1 Å². The third-order valence-corrected chi connectivity index (χ3v) is 4.16. The summed E-state index contributed by atoms with van der Waals surface area (Å²) in [6.07, 6.45) is 6.25. The second-order valence-corrected chi connectivity index (χ2v) is 5.30. The van der Waals surface area contributed by atoms with Gasteiger partial charge in [-0.05, 0) is 29.5 Å². The van der Waals surface area contributed by atoms with E-state index >= 15 is 0 Å². The van der Waals surface area contributed by atoms with Crippen molar-refractivity contribution in [1.82, 2.24) is 9.55 Å². The quantitative estimate of drug-likeness (QED) is 0.678. The van der Waals surface area contributed by atoms with Crippen LogP contribution in [-0.4, -0.2) is 9.55 Å². The highest BCUT2D eigenvalue weighted by atomic mass is 15.1. The average molecular weight is 260 g/mol. The van der Waals surface area contributed by atoms with Crippen LogP contribution in [-0.2, 0) is 6.42 Å². The van der Waals surface area contributed by atoms with Crippen molar-refractivity contribution in [2.75, 3.05) is 0 Å². The maximum Gasteiger partial charge on any atom is 0.0953 e. The molecule has 2 heteroatoms. The molecule has 1 atom stereocenters. The van der Waals surface area contributed by atoms with E-state index in [2.05, 4.69) is 64.1 Å². The van der Waals surface area contributed by atoms with E-state index in [0.717, 1.165) is 6.42 Å². The fraction of sp³-hybridized carbons (Fsp3) is 0.167. The van der Waals surface area contributed by atoms with Crippen molar-refractivity contribution < 1.29 is 0 Å². The minimum Gasteiger partial charge on any atom is -0.327 e. The molecule has 4 rings (SSSR count). The lowest BCUT2D eigenvalue weighted by atomic mass is 9.94. The minimum atomic E-state index is 0.420. The third-order valence-electron chi connectivity index (χ3n) is 4.16. The lowest BCUT2D eigenvalue weighted by Gasteiger charge is -2.18. The molecule has 0 aliphatic carbocycles. The molecule has 98 valence electrons. The van der Waals surface area contributed by atoms with Crippen molar-refractivity contribution >= 4 is 0 Å². The number of rotatable bonds is 2. The third kappa shape index (κ3) is 1.76. The van der Waals surface area contributed by atoms with Crippen molar-refractivity contribution in [3.63, 3.8) is 0 Å². The van der Waals surface area contributed by atoms with Crippen LogP contribution in [0.3, 0.4) is 0 Å². The smallest absolute Gasteiger partial charge is 0.0953 e. The molecule has 0 spiro atoms. The van der Waals surface area contributed by atoms with Gasteiger partial charge in [0.15, 0.2) is 0 Å². The molecular formula is C18H16N2. The molecule has 0 bridgehead atoms. The van der Waals surface area contributed by atoms with Crippen molar-refractivity contribution in [2.45, 2.75) is 18.9 Å². The summed E-state index contributed by atoms with van der Waals surface area (Å²) in [7, 11) is 0. The van der Waals surface area contributed by atoms with E-state index in [1.165, 1.54) is 28.8 Å². The van der Waals surface area contributed by atoms with Gasteiger partial charge in [0.1, 0.15) is 0 Å². The van der Waals surface area contributed by atoms with Crippen LogP contribution >= 0.6 is 0 Å². The summed E-state index contributed by atoms with van der Waals surface area (Å²) in [6, 6.07) is 19.8. The number of hydrogen-bond donors (Lipinski definition) is 0. The summed E-state index contributed by atoms with van der Waals surface area (Å²) < 4.78 is 2.32. The Kier molecular flexibility index (Phi) is 2.66. The number of hydrogen-bond acceptors (Lipinski definition) is 1. The Morgan fingerprint density at radius 2 is 1.75 bits per heavy atom. The highest BCUT2D eigenvalue weighted by molar-refractivity contribution is 5.68. The molecule has 0 fully saturated rings. The molecule has 3 aromatic rings. The van der Waals surface area contributed by atoms with Crippen LogP contribution in [0.25, 0.3) is 11.1 Å². The van der Waals surface area contributed by atoms with Crippen molar-refractivity contribution in [3.8, 4) is 11.1 Å². The number of nitrogens with zero attached hydrogens (tertiary/aromatic N) is 2. The lowest BCUT2D eigenvalue weighted by molar-refractivity contribution is 0.617. The van der Waals surface area contributed by atoms with Crippen molar-refractivity contribution in [2.24, 2.45) is 0 Å². The highest BCUT2D eigenvalue weighted by Gasteiger charge is 2.25. The SMILES string of the molecule is c1ccc(-c2ccccc2[C@H]2CCc3cncn32)cc1. The fourth-order valence-electron chi connectivity index (χ4n) is 3.20. The number of imidazole rings is 1. The van der Waals surface area contributed by atoms with Crippen LogP contribution in [0.4, 0.5) is 0 Å². The number of fused-ring (bicyclic) bond motifs is 1. The Bertz CT molecular complexity index is 728. The van der Waals surface area contributed by atoms with Crippen molar-refractivity contribution in [1.29, 1.82) is 0 Å². The van der Waals surface area contributed by atoms with Crippen LogP contribution in [0.5, 0.6) is 0 Å². The summed E-state index contributed by atoms with van der Waals surface area (Å²) in [4.78, 5) is 4.28. The van der Waals surface area contributed by atoms with Crippen LogP contribution in [0.1, 0.15) is 23.7 Å². The first-order valence-electron chi connectivity index (χ1n) is 7.08. The Hall–Kier alpha value is -2.35. The predicted molar refractivity (Wildman–Crippen MR) is 80.6 cm³/mol. The molecule has 1 aliphatic heterocycles. The van der Waals surface area contributed by atoms with Gasteiger partial charge in [-0.3, -0.25) is 0 Å². The van der Waals surface area contributed by atoms with Gasteiger partial charge in [0.25, 0.3) is 0 Å². The van der Waals surface area contributed by atoms with Gasteiger partial charge in [-0.2, -0.15) is 0 Å². The van der Waals surface area contributed by atoms with Gasteiger partial charge in [0.2, 0.25) is 0 Å². The molecule has 2 heterocycles. The maximum absolute atomic E-state index is 4.28. The van der Waals surface area contributed by atoms with E-state index in [0.29, 0.717) is 6.04 Å². The van der Waals surface area contributed by atoms with Gasteiger partial charge >= 0.3 is 0 Å². The summed E-state index contributed by atoms with van der Waals surface area (Å²) >= 11 is 0. The topological polar surface area (TPSA) is 17.8 Å². The maximum atomic E-state index is 4.28. The normalized spacial score (nSPS) is 17.1. The lowest BCUT2D eigenvalue weighted by Crippen LogP contribution is -2.06. The van der Waals surface area contributed by atoms with Gasteiger partial charge in [-0.15, -0.1) is 0 Å². The van der Waals surface area contributed by atoms with Gasteiger partial charge < -0.3 is 4.57 Å². The molecule has 0 unspecified atom stereocenters. The molecule has 0 saturated heterocycles. The minimum absolute atomic E-state index is 0.420. The summed E-state index contributed by atoms with van der Waals surface area (Å²) in [5, 5.41) is 0. The summed E-state index contributed by atoms with van der Waals surface area (Å²) in [5.74, 6) is 0. The molecule has 0 saturated carbocycles. The molecule has 0 amide bonds. The molecule has 1 aliphatic rings. The number of aryl methyl sites for hydroxylation is 1. The highest BCUT2D eigenvalue weighted by Crippen LogP contribution is 2.36. The Morgan fingerprint density at radius 1 is 0.950 bits per heavy atom. The Morgan fingerprint density at radius 3 is 2.65 bits per heavy atom. The summed E-state index contributed by atoms with van der Waals surface area (Å²) in [6.45, 7) is 0. The monoisotopic (exact) mass is 260 g/mol. The molecule has 0 radical (unpaired) electrons. The molecule has 2 aromatic carbocycles. The van der Waals surface area contributed by atoms with Gasteiger partial charge in [-0.25, -0.2) is 4.98 Å². The summed E-state index contributed by atoms with van der Waals surface area (Å²) in [5.41, 5.74) is 5.37. The second-order valence-electron chi connectivity index (χ2n) is 5.30. The van der Waals surface area contributed by atoms with E-state index in [9.17, 15) is 0 Å². The van der Waals surface area contributed by atoms with Crippen molar-refractivity contribution in [3.05, 3.63) is 78.4 Å². The van der Waals surface area contributed by atoms with Crippen LogP contribution in [0.2, 0.25) is 0 Å². The van der Waals surface area contributed by atoms with E-state index in [1.54, 1.807) is 0 Å². The first-order valence-corrected chi connectivity index (χ1v) is 7.08. The second kappa shape index (κ2) is 4.64. The van der Waals surface area contributed by atoms with E-state index in [-0.39, 0.29) is 0 Å². The zero-order valence-corrected chi connectivity index (χ0v) is 11.2. The molecule has 20 heavy (non-hydrogen) atoms. The Labute approximate surface area is 118 Å². The molecule has 2 nitrogen and oxygen atoms in total. The van der Waals surface area contributed by atoms with E-state index in [4.69, 9.17) is 0 Å². The molecule has 0 N–H and O–H groups in total. The predicted octanol–water partition coefficient (Wildman–Crippen LogP) is 4.09. The Balaban J connectivity index is 1.84. The van der Waals surface area contributed by atoms with Gasteiger partial charge in [-0.1, -0.05) is 54.6 Å². The first-order chi connectivity index (χ1) is 9.93. The van der Waals surface area contributed by atoms with E-state index < -0.39 is 0 Å². The molecular weight excluding hydrogens is 244 g/mol.